The van der Waals surface area contributed by atoms with Crippen LogP contribution in [0.1, 0.15) is 22.8 Å². The molecule has 0 fully saturated rings. The van der Waals surface area contributed by atoms with E-state index >= 15 is 0 Å². The van der Waals surface area contributed by atoms with Gasteiger partial charge in [0.25, 0.3) is 11.1 Å². The van der Waals surface area contributed by atoms with E-state index < -0.39 is 23.6 Å². The number of hydrogen-bond acceptors (Lipinski definition) is 6. The van der Waals surface area contributed by atoms with Crippen LogP contribution in [0.3, 0.4) is 0 Å². The van der Waals surface area contributed by atoms with Crippen molar-refractivity contribution in [1.29, 1.82) is 0 Å². The van der Waals surface area contributed by atoms with E-state index in [4.69, 9.17) is 9.47 Å². The van der Waals surface area contributed by atoms with Gasteiger partial charge >= 0.3 is 5.97 Å². The number of rotatable bonds is 6. The molecule has 0 amide bonds. The number of carbonyl (C=O) groups excluding carboxylic acids is 2. The fourth-order valence-electron chi connectivity index (χ4n) is 2.80. The number of nitrogens with zero attached hydrogens (tertiary/aromatic N) is 1. The van der Waals surface area contributed by atoms with Crippen LogP contribution in [0.5, 0.6) is 5.75 Å². The maximum absolute atomic E-state index is 12.4. The van der Waals surface area contributed by atoms with Crippen LogP contribution in [0, 0.1) is 0 Å². The quantitative estimate of drug-likeness (QED) is 0.513. The van der Waals surface area contributed by atoms with Gasteiger partial charge in [0, 0.05) is 11.1 Å². The molecule has 0 aliphatic carbocycles. The summed E-state index contributed by atoms with van der Waals surface area (Å²) >= 11 is 0. The van der Waals surface area contributed by atoms with Gasteiger partial charge in [0.15, 0.2) is 5.78 Å². The number of aromatic nitrogens is 2. The Kier molecular flexibility index (Phi) is 5.39. The largest absolute Gasteiger partial charge is 0.496 e. The topological polar surface area (TPSA) is 107 Å². The van der Waals surface area contributed by atoms with Crippen molar-refractivity contribution in [3.63, 3.8) is 0 Å². The maximum Gasteiger partial charge on any atom is 0.328 e. The van der Waals surface area contributed by atoms with Gasteiger partial charge in [0.2, 0.25) is 0 Å². The number of methoxy groups -OCH3 is 1. The Labute approximate surface area is 159 Å². The number of Topliss-reactive ketones (excluding diaryl/α,β-unsaturated/α-hetero) is 1. The molecule has 0 aliphatic heterocycles. The summed E-state index contributed by atoms with van der Waals surface area (Å²) in [7, 11) is 1.47. The third kappa shape index (κ3) is 3.85. The lowest BCUT2D eigenvalue weighted by atomic mass is 10.1. The van der Waals surface area contributed by atoms with E-state index in [0.717, 1.165) is 4.68 Å². The molecule has 3 rings (SSSR count). The summed E-state index contributed by atoms with van der Waals surface area (Å²) in [5, 5.41) is 2.84. The second-order valence-electron chi connectivity index (χ2n) is 6.12. The number of ketones is 1. The smallest absolute Gasteiger partial charge is 0.328 e. The standard InChI is InChI=1S/C20H18N2O6/c1-12(23)13-7-8-17(27-2)14(9-13)11-28-18(24)10-22-20(26)16-6-4-3-5-15(16)19(25)21-22/h3-9H,10-11H2,1-2H3,(H,21,25). The van der Waals surface area contributed by atoms with Crippen molar-refractivity contribution in [3.05, 3.63) is 74.3 Å². The fraction of sp³-hybridized carbons (Fsp3) is 0.200. The summed E-state index contributed by atoms with van der Waals surface area (Å²) < 4.78 is 11.3. The number of ether oxygens (including phenoxy) is 2. The van der Waals surface area contributed by atoms with Crippen LogP contribution in [-0.4, -0.2) is 28.6 Å². The van der Waals surface area contributed by atoms with Crippen LogP contribution in [0.2, 0.25) is 0 Å². The van der Waals surface area contributed by atoms with Crippen LogP contribution < -0.4 is 15.9 Å². The SMILES string of the molecule is COc1ccc(C(C)=O)cc1COC(=O)Cn1[nH]c(=O)c2ccccc2c1=O. The van der Waals surface area contributed by atoms with E-state index in [2.05, 4.69) is 5.10 Å². The van der Waals surface area contributed by atoms with E-state index in [1.807, 2.05) is 0 Å². The molecule has 1 aromatic heterocycles. The van der Waals surface area contributed by atoms with E-state index in [9.17, 15) is 19.2 Å². The van der Waals surface area contributed by atoms with Gasteiger partial charge in [0.05, 0.1) is 17.9 Å². The van der Waals surface area contributed by atoms with Crippen molar-refractivity contribution in [2.75, 3.05) is 7.11 Å². The van der Waals surface area contributed by atoms with Crippen molar-refractivity contribution in [1.82, 2.24) is 9.78 Å². The predicted octanol–water partition coefficient (Wildman–Crippen LogP) is 1.64. The molecule has 1 N–H and O–H groups in total. The number of benzene rings is 2. The molecular formula is C20H18N2O6. The van der Waals surface area contributed by atoms with Gasteiger partial charge in [-0.3, -0.25) is 24.3 Å². The molecule has 3 aromatic rings. The lowest BCUT2D eigenvalue weighted by molar-refractivity contribution is -0.146. The minimum atomic E-state index is -0.719. The number of esters is 1. The Hall–Kier alpha value is -3.68. The molecule has 0 unspecified atom stereocenters. The Morgan fingerprint density at radius 2 is 1.79 bits per heavy atom. The van der Waals surface area contributed by atoms with Gasteiger partial charge < -0.3 is 9.47 Å². The summed E-state index contributed by atoms with van der Waals surface area (Å²) in [6, 6.07) is 11.2. The third-order valence-electron chi connectivity index (χ3n) is 4.25. The number of nitrogens with one attached hydrogen (secondary N) is 1. The number of H-pyrrole nitrogens is 1. The highest BCUT2D eigenvalue weighted by Gasteiger charge is 2.13. The molecule has 144 valence electrons. The molecule has 8 nitrogen and oxygen atoms in total. The first-order valence-electron chi connectivity index (χ1n) is 8.46. The molecule has 2 aromatic carbocycles. The molecule has 0 saturated carbocycles. The van der Waals surface area contributed by atoms with Gasteiger partial charge in [-0.25, -0.2) is 4.68 Å². The van der Waals surface area contributed by atoms with E-state index in [-0.39, 0.29) is 23.2 Å². The molecule has 1 heterocycles. The molecule has 0 spiro atoms. The first-order chi connectivity index (χ1) is 13.4. The molecule has 8 heteroatoms. The second-order valence-corrected chi connectivity index (χ2v) is 6.12. The summed E-state index contributed by atoms with van der Waals surface area (Å²) in [6.45, 7) is 0.837. The van der Waals surface area contributed by atoms with Crippen molar-refractivity contribution in [2.45, 2.75) is 20.1 Å². The van der Waals surface area contributed by atoms with Crippen LogP contribution in [-0.2, 0) is 22.7 Å². The summed E-state index contributed by atoms with van der Waals surface area (Å²) in [4.78, 5) is 48.2. The summed E-state index contributed by atoms with van der Waals surface area (Å²) in [5.41, 5.74) is 0.00645. The number of carbonyl (C=O) groups is 2. The van der Waals surface area contributed by atoms with Gasteiger partial charge in [-0.1, -0.05) is 12.1 Å². The average molecular weight is 382 g/mol. The van der Waals surface area contributed by atoms with Gasteiger partial charge in [-0.15, -0.1) is 0 Å². The van der Waals surface area contributed by atoms with Crippen molar-refractivity contribution in [3.8, 4) is 5.75 Å². The van der Waals surface area contributed by atoms with Gasteiger partial charge in [0.1, 0.15) is 18.9 Å². The number of hydrogen-bond donors (Lipinski definition) is 1. The molecule has 0 aliphatic rings. The monoisotopic (exact) mass is 382 g/mol. The van der Waals surface area contributed by atoms with Crippen molar-refractivity contribution < 1.29 is 19.1 Å². The summed E-state index contributed by atoms with van der Waals surface area (Å²) in [5.74, 6) is -0.382. The average Bonchev–Trinajstić information content (AvgIpc) is 2.70. The summed E-state index contributed by atoms with van der Waals surface area (Å²) in [6.07, 6.45) is 0. The number of fused-ring (bicyclic) bond motifs is 1. The molecule has 0 saturated heterocycles. The van der Waals surface area contributed by atoms with E-state index in [0.29, 0.717) is 16.9 Å². The van der Waals surface area contributed by atoms with Crippen LogP contribution in [0.15, 0.2) is 52.1 Å². The zero-order chi connectivity index (χ0) is 20.3. The van der Waals surface area contributed by atoms with Crippen LogP contribution in [0.4, 0.5) is 0 Å². The van der Waals surface area contributed by atoms with Gasteiger partial charge in [-0.2, -0.15) is 0 Å². The lowest BCUT2D eigenvalue weighted by Gasteiger charge is -2.11. The minimum absolute atomic E-state index is 0.129. The zero-order valence-corrected chi connectivity index (χ0v) is 15.4. The Bertz CT molecular complexity index is 1180. The van der Waals surface area contributed by atoms with E-state index in [1.165, 1.54) is 26.2 Å². The van der Waals surface area contributed by atoms with Crippen LogP contribution in [0.25, 0.3) is 10.8 Å². The van der Waals surface area contributed by atoms with Crippen molar-refractivity contribution >= 4 is 22.5 Å². The second kappa shape index (κ2) is 7.91. The Morgan fingerprint density at radius 3 is 2.46 bits per heavy atom. The highest BCUT2D eigenvalue weighted by molar-refractivity contribution is 5.94. The number of aromatic amines is 1. The normalized spacial score (nSPS) is 10.6. The first kappa shape index (κ1) is 19.1. The molecule has 0 bridgehead atoms. The molecule has 0 atom stereocenters. The predicted molar refractivity (Wildman–Crippen MR) is 102 cm³/mol. The lowest BCUT2D eigenvalue weighted by Crippen LogP contribution is -2.32. The molecule has 28 heavy (non-hydrogen) atoms. The Morgan fingerprint density at radius 1 is 1.07 bits per heavy atom. The first-order valence-corrected chi connectivity index (χ1v) is 8.46. The highest BCUT2D eigenvalue weighted by atomic mass is 16.5. The third-order valence-corrected chi connectivity index (χ3v) is 4.25. The molecule has 0 radical (unpaired) electrons. The Balaban J connectivity index is 1.79. The maximum atomic E-state index is 12.4. The fourth-order valence-corrected chi connectivity index (χ4v) is 2.80. The van der Waals surface area contributed by atoms with Crippen LogP contribution >= 0.6 is 0 Å². The van der Waals surface area contributed by atoms with Crippen molar-refractivity contribution in [2.24, 2.45) is 0 Å². The van der Waals surface area contributed by atoms with Gasteiger partial charge in [-0.05, 0) is 37.3 Å². The minimum Gasteiger partial charge on any atom is -0.496 e. The highest BCUT2D eigenvalue weighted by Crippen LogP contribution is 2.21. The molecular weight excluding hydrogens is 364 g/mol. The zero-order valence-electron chi connectivity index (χ0n) is 15.4. The van der Waals surface area contributed by atoms with E-state index in [1.54, 1.807) is 30.3 Å².